The third kappa shape index (κ3) is 3.84. The summed E-state index contributed by atoms with van der Waals surface area (Å²) >= 11 is 0. The van der Waals surface area contributed by atoms with Gasteiger partial charge in [-0.1, -0.05) is 11.2 Å². The summed E-state index contributed by atoms with van der Waals surface area (Å²) in [5, 5.41) is 11.5. The molecule has 6 heteroatoms. The fourth-order valence-electron chi connectivity index (χ4n) is 2.14. The summed E-state index contributed by atoms with van der Waals surface area (Å²) in [6, 6.07) is 5.37. The summed E-state index contributed by atoms with van der Waals surface area (Å²) in [6.45, 7) is 1.19. The van der Waals surface area contributed by atoms with Crippen LogP contribution in [0, 0.1) is 5.82 Å². The van der Waals surface area contributed by atoms with Gasteiger partial charge in [-0.05, 0) is 18.9 Å². The average Bonchev–Trinajstić information content (AvgIpc) is 3.28. The molecule has 0 spiro atoms. The maximum atomic E-state index is 14.0. The third-order valence-corrected chi connectivity index (χ3v) is 3.48. The molecule has 0 unspecified atom stereocenters. The lowest BCUT2D eigenvalue weighted by atomic mass is 10.1. The predicted octanol–water partition coefficient (Wildman–Crippen LogP) is 1.94. The van der Waals surface area contributed by atoms with Crippen LogP contribution in [0.3, 0.4) is 0 Å². The van der Waals surface area contributed by atoms with Crippen LogP contribution in [0.4, 0.5) is 4.39 Å². The Morgan fingerprint density at radius 1 is 1.55 bits per heavy atom. The van der Waals surface area contributed by atoms with E-state index in [0.29, 0.717) is 36.9 Å². The summed E-state index contributed by atoms with van der Waals surface area (Å²) in [7, 11) is 1.52. The zero-order valence-electron chi connectivity index (χ0n) is 11.6. The van der Waals surface area contributed by atoms with Crippen LogP contribution >= 0.6 is 0 Å². The van der Waals surface area contributed by atoms with Crippen LogP contribution in [0.1, 0.15) is 24.8 Å². The monoisotopic (exact) mass is 281 g/mol. The van der Waals surface area contributed by atoms with Crippen LogP contribution in [0.5, 0.6) is 5.75 Å². The summed E-state index contributed by atoms with van der Waals surface area (Å²) in [6.07, 6.45) is 2.71. The minimum atomic E-state index is -0.265. The molecule has 0 bridgehead atoms. The van der Waals surface area contributed by atoms with Crippen molar-refractivity contribution in [2.75, 3.05) is 13.7 Å². The molecule has 110 valence electrons. The van der Waals surface area contributed by atoms with Gasteiger partial charge in [-0.25, -0.2) is 4.39 Å². The van der Waals surface area contributed by atoms with Gasteiger partial charge in [-0.2, -0.15) is 0 Å². The van der Waals surface area contributed by atoms with Gasteiger partial charge in [0.1, 0.15) is 17.4 Å². The first-order valence-electron chi connectivity index (χ1n) is 6.67. The van der Waals surface area contributed by atoms with Crippen LogP contribution in [-0.4, -0.2) is 35.6 Å². The van der Waals surface area contributed by atoms with Crippen LogP contribution < -0.4 is 10.5 Å². The van der Waals surface area contributed by atoms with E-state index in [0.717, 1.165) is 12.8 Å². The number of nitrogens with two attached hydrogens (primary N) is 1. The van der Waals surface area contributed by atoms with E-state index in [1.54, 1.807) is 12.1 Å². The van der Waals surface area contributed by atoms with E-state index in [2.05, 4.69) is 10.1 Å². The average molecular weight is 281 g/mol. The molecular weight excluding hydrogens is 261 g/mol. The normalized spacial score (nSPS) is 15.7. The molecule has 1 aromatic rings. The fraction of sp³-hybridized carbons (Fsp3) is 0.500. The summed E-state index contributed by atoms with van der Waals surface area (Å²) < 4.78 is 18.9. The van der Waals surface area contributed by atoms with Crippen LogP contribution in [0.25, 0.3) is 0 Å². The van der Waals surface area contributed by atoms with Crippen molar-refractivity contribution in [1.29, 1.82) is 0 Å². The van der Waals surface area contributed by atoms with Crippen molar-refractivity contribution in [2.45, 2.75) is 31.8 Å². The van der Waals surface area contributed by atoms with E-state index in [9.17, 15) is 4.39 Å². The highest BCUT2D eigenvalue weighted by atomic mass is 19.1. The summed E-state index contributed by atoms with van der Waals surface area (Å²) in [5.74, 6) is 0.450. The van der Waals surface area contributed by atoms with E-state index in [1.807, 2.05) is 0 Å². The minimum Gasteiger partial charge on any atom is -0.497 e. The standard InChI is InChI=1S/C14H20FN3O2/c1-20-12-5-2-10(13(15)8-12)9-18(11-3-4-11)7-6-14(16)17-19/h2,5,8,11,19H,3-4,6-7,9H2,1H3,(H2,16,17). The van der Waals surface area contributed by atoms with Gasteiger partial charge in [0.15, 0.2) is 0 Å². The highest BCUT2D eigenvalue weighted by Gasteiger charge is 2.29. The van der Waals surface area contributed by atoms with Gasteiger partial charge in [0.05, 0.1) is 7.11 Å². The third-order valence-electron chi connectivity index (χ3n) is 3.48. The Balaban J connectivity index is 2.00. The molecule has 0 atom stereocenters. The van der Waals surface area contributed by atoms with Gasteiger partial charge in [0, 0.05) is 37.2 Å². The van der Waals surface area contributed by atoms with Crippen LogP contribution in [-0.2, 0) is 6.54 Å². The highest BCUT2D eigenvalue weighted by Crippen LogP contribution is 2.29. The number of amidine groups is 1. The maximum absolute atomic E-state index is 14.0. The van der Waals surface area contributed by atoms with E-state index in [-0.39, 0.29) is 11.7 Å². The highest BCUT2D eigenvalue weighted by molar-refractivity contribution is 5.79. The van der Waals surface area contributed by atoms with Crippen LogP contribution in [0.2, 0.25) is 0 Å². The number of rotatable bonds is 7. The largest absolute Gasteiger partial charge is 0.497 e. The topological polar surface area (TPSA) is 71.1 Å². The summed E-state index contributed by atoms with van der Waals surface area (Å²) in [5.41, 5.74) is 6.12. The summed E-state index contributed by atoms with van der Waals surface area (Å²) in [4.78, 5) is 2.17. The Morgan fingerprint density at radius 2 is 2.30 bits per heavy atom. The van der Waals surface area contributed by atoms with Crippen molar-refractivity contribution in [3.8, 4) is 5.75 Å². The molecule has 1 aromatic carbocycles. The van der Waals surface area contributed by atoms with Crippen molar-refractivity contribution < 1.29 is 14.3 Å². The van der Waals surface area contributed by atoms with E-state index in [4.69, 9.17) is 15.7 Å². The van der Waals surface area contributed by atoms with Crippen molar-refractivity contribution in [3.05, 3.63) is 29.6 Å². The molecule has 2 rings (SSSR count). The first kappa shape index (κ1) is 14.6. The van der Waals surface area contributed by atoms with Gasteiger partial charge in [-0.15, -0.1) is 0 Å². The molecule has 0 aromatic heterocycles. The quantitative estimate of drug-likeness (QED) is 0.347. The van der Waals surface area contributed by atoms with Gasteiger partial charge in [-0.3, -0.25) is 4.90 Å². The van der Waals surface area contributed by atoms with Crippen molar-refractivity contribution in [3.63, 3.8) is 0 Å². The lowest BCUT2D eigenvalue weighted by Gasteiger charge is -2.22. The molecule has 1 aliphatic rings. The molecule has 1 fully saturated rings. The molecule has 0 amide bonds. The zero-order valence-corrected chi connectivity index (χ0v) is 11.6. The minimum absolute atomic E-state index is 0.200. The number of oxime groups is 1. The van der Waals surface area contributed by atoms with Crippen molar-refractivity contribution >= 4 is 5.84 Å². The smallest absolute Gasteiger partial charge is 0.140 e. The molecular formula is C14H20FN3O2. The predicted molar refractivity (Wildman–Crippen MR) is 74.4 cm³/mol. The Bertz CT molecular complexity index is 489. The van der Waals surface area contributed by atoms with Crippen molar-refractivity contribution in [1.82, 2.24) is 4.90 Å². The lowest BCUT2D eigenvalue weighted by Crippen LogP contribution is -2.30. The van der Waals surface area contributed by atoms with E-state index >= 15 is 0 Å². The van der Waals surface area contributed by atoms with E-state index < -0.39 is 0 Å². The fourth-order valence-corrected chi connectivity index (χ4v) is 2.14. The first-order chi connectivity index (χ1) is 9.63. The first-order valence-corrected chi connectivity index (χ1v) is 6.67. The molecule has 20 heavy (non-hydrogen) atoms. The van der Waals surface area contributed by atoms with Gasteiger partial charge >= 0.3 is 0 Å². The number of halogens is 1. The molecule has 1 saturated carbocycles. The number of ether oxygens (including phenoxy) is 1. The van der Waals surface area contributed by atoms with E-state index in [1.165, 1.54) is 13.2 Å². The second kappa shape index (κ2) is 6.56. The molecule has 1 aliphatic carbocycles. The number of hydrogen-bond donors (Lipinski definition) is 2. The Kier molecular flexibility index (Phi) is 4.79. The lowest BCUT2D eigenvalue weighted by molar-refractivity contribution is 0.256. The Labute approximate surface area is 117 Å². The van der Waals surface area contributed by atoms with Gasteiger partial charge in [0.2, 0.25) is 0 Å². The van der Waals surface area contributed by atoms with Crippen LogP contribution in [0.15, 0.2) is 23.4 Å². The Hall–Kier alpha value is -1.82. The van der Waals surface area contributed by atoms with Crippen molar-refractivity contribution in [2.24, 2.45) is 10.9 Å². The molecule has 0 heterocycles. The zero-order chi connectivity index (χ0) is 14.5. The number of methoxy groups -OCH3 is 1. The number of nitrogens with zero attached hydrogens (tertiary/aromatic N) is 2. The second-order valence-electron chi connectivity index (χ2n) is 5.00. The van der Waals surface area contributed by atoms with Gasteiger partial charge < -0.3 is 15.7 Å². The SMILES string of the molecule is COc1ccc(CN(CC/C(N)=N/O)C2CC2)c(F)c1. The molecule has 0 saturated heterocycles. The molecule has 0 radical (unpaired) electrons. The molecule has 0 aliphatic heterocycles. The number of benzene rings is 1. The second-order valence-corrected chi connectivity index (χ2v) is 5.00. The number of hydrogen-bond acceptors (Lipinski definition) is 4. The molecule has 5 nitrogen and oxygen atoms in total. The maximum Gasteiger partial charge on any atom is 0.140 e. The van der Waals surface area contributed by atoms with Gasteiger partial charge in [0.25, 0.3) is 0 Å². The Morgan fingerprint density at radius 3 is 2.85 bits per heavy atom. The molecule has 3 N–H and O–H groups in total.